The van der Waals surface area contributed by atoms with E-state index in [1.165, 1.54) is 0 Å². The molecule has 0 spiro atoms. The number of aromatic nitrogens is 2. The highest BCUT2D eigenvalue weighted by atomic mass is 32.2. The summed E-state index contributed by atoms with van der Waals surface area (Å²) < 4.78 is 35.3. The lowest BCUT2D eigenvalue weighted by atomic mass is 10.0. The average Bonchev–Trinajstić information content (AvgIpc) is 3.38. The summed E-state index contributed by atoms with van der Waals surface area (Å²) in [6.45, 7) is 8.02. The number of unbranched alkanes of at least 4 members (excludes halogenated alkanes) is 1. The van der Waals surface area contributed by atoms with Crippen LogP contribution in [0.1, 0.15) is 53.8 Å². The topological polar surface area (TPSA) is 107 Å². The maximum atomic E-state index is 13.8. The second-order valence-electron chi connectivity index (χ2n) is 8.24. The number of fused-ring (bicyclic) bond motifs is 1. The zero-order valence-electron chi connectivity index (χ0n) is 18.3. The van der Waals surface area contributed by atoms with Gasteiger partial charge in [0.25, 0.3) is 11.6 Å². The summed E-state index contributed by atoms with van der Waals surface area (Å²) in [6, 6.07) is 3.29. The first-order valence-electron chi connectivity index (χ1n) is 10.6. The summed E-state index contributed by atoms with van der Waals surface area (Å²) in [5.41, 5.74) is 2.64. The molecule has 1 atom stereocenters. The summed E-state index contributed by atoms with van der Waals surface area (Å²) in [4.78, 5) is 20.1. The van der Waals surface area contributed by atoms with Crippen molar-refractivity contribution in [1.82, 2.24) is 15.0 Å². The molecule has 9 heteroatoms. The standard InChI is InChI=1S/C22H27N3O5S/c1-5-6-8-25(16-7-9-31(27,28)12-16)22(26)18-11-19(17-10-13(2)29-15(17)4)23-21-20(18)14(3)24-30-21/h10-11,16H,5-9,12H2,1-4H3. The third-order valence-corrected chi connectivity index (χ3v) is 7.58. The number of carbonyl (C=O) groups excluding carboxylic acids is 1. The van der Waals surface area contributed by atoms with E-state index in [9.17, 15) is 13.2 Å². The van der Waals surface area contributed by atoms with Crippen molar-refractivity contribution in [2.45, 2.75) is 53.0 Å². The number of furan rings is 1. The van der Waals surface area contributed by atoms with Crippen LogP contribution in [0, 0.1) is 20.8 Å². The smallest absolute Gasteiger partial charge is 0.259 e. The number of amides is 1. The third kappa shape index (κ3) is 4.11. The first kappa shape index (κ1) is 21.5. The lowest BCUT2D eigenvalue weighted by Crippen LogP contribution is -2.42. The van der Waals surface area contributed by atoms with Crippen molar-refractivity contribution in [3.8, 4) is 11.3 Å². The number of rotatable bonds is 6. The quantitative estimate of drug-likeness (QED) is 0.567. The third-order valence-electron chi connectivity index (χ3n) is 5.83. The van der Waals surface area contributed by atoms with Gasteiger partial charge in [0.05, 0.1) is 33.8 Å². The number of carbonyl (C=O) groups is 1. The number of aryl methyl sites for hydroxylation is 3. The van der Waals surface area contributed by atoms with Crippen molar-refractivity contribution < 1.29 is 22.2 Å². The molecule has 3 aromatic heterocycles. The molecule has 4 rings (SSSR count). The lowest BCUT2D eigenvalue weighted by Gasteiger charge is -2.28. The van der Waals surface area contributed by atoms with Crippen LogP contribution in [0.5, 0.6) is 0 Å². The van der Waals surface area contributed by atoms with E-state index in [2.05, 4.69) is 10.1 Å². The Morgan fingerprint density at radius 1 is 1.26 bits per heavy atom. The molecule has 0 saturated carbocycles. The Morgan fingerprint density at radius 3 is 2.65 bits per heavy atom. The molecule has 8 nitrogen and oxygen atoms in total. The maximum absolute atomic E-state index is 13.8. The molecule has 0 aliphatic carbocycles. The Bertz CT molecular complexity index is 1240. The molecule has 0 aromatic carbocycles. The van der Waals surface area contributed by atoms with Crippen molar-refractivity contribution in [3.05, 3.63) is 34.9 Å². The van der Waals surface area contributed by atoms with E-state index in [-0.39, 0.29) is 29.2 Å². The number of hydrogen-bond donors (Lipinski definition) is 0. The van der Waals surface area contributed by atoms with Crippen molar-refractivity contribution in [1.29, 1.82) is 0 Å². The number of hydrogen-bond acceptors (Lipinski definition) is 7. The highest BCUT2D eigenvalue weighted by Crippen LogP contribution is 2.32. The van der Waals surface area contributed by atoms with Gasteiger partial charge in [-0.1, -0.05) is 18.5 Å². The molecule has 1 aliphatic rings. The van der Waals surface area contributed by atoms with E-state index >= 15 is 0 Å². The first-order chi connectivity index (χ1) is 14.7. The van der Waals surface area contributed by atoms with E-state index in [1.807, 2.05) is 26.8 Å². The Morgan fingerprint density at radius 2 is 2.03 bits per heavy atom. The largest absolute Gasteiger partial charge is 0.466 e. The van der Waals surface area contributed by atoms with Gasteiger partial charge in [-0.25, -0.2) is 13.4 Å². The Balaban J connectivity index is 1.83. The van der Waals surface area contributed by atoms with Crippen LogP contribution in [0.4, 0.5) is 0 Å². The molecule has 1 saturated heterocycles. The second kappa shape index (κ2) is 8.11. The fraction of sp³-hybridized carbons (Fsp3) is 0.500. The monoisotopic (exact) mass is 445 g/mol. The van der Waals surface area contributed by atoms with E-state index in [4.69, 9.17) is 8.94 Å². The molecule has 0 bridgehead atoms. The van der Waals surface area contributed by atoms with Gasteiger partial charge in [-0.3, -0.25) is 4.79 Å². The van der Waals surface area contributed by atoms with Gasteiger partial charge >= 0.3 is 0 Å². The van der Waals surface area contributed by atoms with Crippen LogP contribution in [0.15, 0.2) is 21.1 Å². The van der Waals surface area contributed by atoms with Crippen LogP contribution >= 0.6 is 0 Å². The van der Waals surface area contributed by atoms with Gasteiger partial charge < -0.3 is 13.8 Å². The van der Waals surface area contributed by atoms with Crippen LogP contribution in [-0.4, -0.2) is 53.5 Å². The summed E-state index contributed by atoms with van der Waals surface area (Å²) in [7, 11) is -3.12. The molecular formula is C22H27N3O5S. The highest BCUT2D eigenvalue weighted by molar-refractivity contribution is 7.91. The van der Waals surface area contributed by atoms with Crippen LogP contribution in [0.3, 0.4) is 0 Å². The Hall–Kier alpha value is -2.68. The summed E-state index contributed by atoms with van der Waals surface area (Å²) in [5, 5.41) is 4.58. The van der Waals surface area contributed by atoms with E-state index < -0.39 is 9.84 Å². The lowest BCUT2D eigenvalue weighted by molar-refractivity contribution is 0.0696. The first-order valence-corrected chi connectivity index (χ1v) is 12.4. The predicted molar refractivity (Wildman–Crippen MR) is 117 cm³/mol. The fourth-order valence-corrected chi connectivity index (χ4v) is 5.97. The van der Waals surface area contributed by atoms with Crippen molar-refractivity contribution in [3.63, 3.8) is 0 Å². The van der Waals surface area contributed by atoms with Crippen LogP contribution in [0.2, 0.25) is 0 Å². The maximum Gasteiger partial charge on any atom is 0.259 e. The Labute approximate surface area is 181 Å². The number of nitrogens with zero attached hydrogens (tertiary/aromatic N) is 3. The molecule has 3 aromatic rings. The minimum atomic E-state index is -3.12. The van der Waals surface area contributed by atoms with Gasteiger partial charge in [0.15, 0.2) is 9.84 Å². The van der Waals surface area contributed by atoms with Crippen molar-refractivity contribution >= 4 is 26.8 Å². The molecule has 31 heavy (non-hydrogen) atoms. The van der Waals surface area contributed by atoms with E-state index in [0.717, 1.165) is 24.2 Å². The number of sulfone groups is 1. The van der Waals surface area contributed by atoms with Gasteiger partial charge in [0.2, 0.25) is 0 Å². The van der Waals surface area contributed by atoms with Crippen LogP contribution < -0.4 is 0 Å². The number of pyridine rings is 1. The SMILES string of the molecule is CCCCN(C(=O)c1cc(-c2cc(C)oc2C)nc2onc(C)c12)C1CCS(=O)(=O)C1. The van der Waals surface area contributed by atoms with Gasteiger partial charge in [-0.2, -0.15) is 0 Å². The summed E-state index contributed by atoms with van der Waals surface area (Å²) >= 11 is 0. The summed E-state index contributed by atoms with van der Waals surface area (Å²) in [5.74, 6) is 1.35. The zero-order chi connectivity index (χ0) is 22.3. The molecule has 0 radical (unpaired) electrons. The molecule has 4 heterocycles. The average molecular weight is 446 g/mol. The normalized spacial score (nSPS) is 18.0. The molecule has 1 fully saturated rings. The van der Waals surface area contributed by atoms with Gasteiger partial charge in [0, 0.05) is 18.2 Å². The molecule has 1 unspecified atom stereocenters. The molecule has 1 amide bonds. The van der Waals surface area contributed by atoms with Gasteiger partial charge in [0.1, 0.15) is 11.5 Å². The Kier molecular flexibility index (Phi) is 5.63. The highest BCUT2D eigenvalue weighted by Gasteiger charge is 2.36. The molecule has 166 valence electrons. The molecule has 1 aliphatic heterocycles. The van der Waals surface area contributed by atoms with Crippen LogP contribution in [-0.2, 0) is 9.84 Å². The minimum Gasteiger partial charge on any atom is -0.466 e. The van der Waals surface area contributed by atoms with E-state index in [0.29, 0.717) is 41.1 Å². The van der Waals surface area contributed by atoms with Crippen molar-refractivity contribution in [2.24, 2.45) is 0 Å². The second-order valence-corrected chi connectivity index (χ2v) is 10.5. The van der Waals surface area contributed by atoms with Crippen LogP contribution in [0.25, 0.3) is 22.4 Å². The van der Waals surface area contributed by atoms with E-state index in [1.54, 1.807) is 17.9 Å². The van der Waals surface area contributed by atoms with Gasteiger partial charge in [-0.05, 0) is 45.7 Å². The summed E-state index contributed by atoms with van der Waals surface area (Å²) in [6.07, 6.45) is 2.16. The molecule has 0 N–H and O–H groups in total. The van der Waals surface area contributed by atoms with Gasteiger partial charge in [-0.15, -0.1) is 0 Å². The van der Waals surface area contributed by atoms with Crippen molar-refractivity contribution in [2.75, 3.05) is 18.1 Å². The fourth-order valence-electron chi connectivity index (χ4n) is 4.24. The predicted octanol–water partition coefficient (Wildman–Crippen LogP) is 3.84. The zero-order valence-corrected chi connectivity index (χ0v) is 19.1. The minimum absolute atomic E-state index is 0.00614. The molecular weight excluding hydrogens is 418 g/mol.